The van der Waals surface area contributed by atoms with E-state index in [1.54, 1.807) is 5.57 Å². The van der Waals surface area contributed by atoms with E-state index in [0.29, 0.717) is 13.3 Å². The van der Waals surface area contributed by atoms with Crippen LogP contribution < -0.4 is 10.6 Å². The van der Waals surface area contributed by atoms with Gasteiger partial charge in [0.1, 0.15) is 0 Å². The van der Waals surface area contributed by atoms with Crippen LogP contribution in [-0.2, 0) is 0 Å². The maximum absolute atomic E-state index is 10.9. The zero-order valence-electron chi connectivity index (χ0n) is 9.09. The van der Waals surface area contributed by atoms with E-state index in [-0.39, 0.29) is 6.03 Å². The molecule has 1 aliphatic carbocycles. The molecule has 1 fully saturated rings. The third kappa shape index (κ3) is 3.23. The number of hydrogen-bond acceptors (Lipinski definition) is 2. The molecule has 0 unspecified atom stereocenters. The van der Waals surface area contributed by atoms with Gasteiger partial charge in [-0.25, -0.2) is 4.79 Å². The second-order valence-corrected chi connectivity index (χ2v) is 4.25. The maximum atomic E-state index is 10.9. The molecule has 2 amide bonds. The molecule has 84 valence electrons. The monoisotopic (exact) mass is 209 g/mol. The van der Waals surface area contributed by atoms with Gasteiger partial charge in [0.2, 0.25) is 0 Å². The summed E-state index contributed by atoms with van der Waals surface area (Å²) in [7, 11) is 0. The molecular formula is C11H19N3O. The molecule has 0 aromatic rings. The van der Waals surface area contributed by atoms with Gasteiger partial charge in [-0.05, 0) is 32.1 Å². The van der Waals surface area contributed by atoms with Gasteiger partial charge in [-0.3, -0.25) is 4.90 Å². The molecule has 0 aromatic carbocycles. The van der Waals surface area contributed by atoms with E-state index < -0.39 is 0 Å². The van der Waals surface area contributed by atoms with Crippen molar-refractivity contribution in [3.8, 4) is 0 Å². The molecule has 0 radical (unpaired) electrons. The molecule has 2 rings (SSSR count). The van der Waals surface area contributed by atoms with Crippen molar-refractivity contribution in [3.05, 3.63) is 11.6 Å². The first-order valence-corrected chi connectivity index (χ1v) is 5.76. The van der Waals surface area contributed by atoms with Crippen LogP contribution in [0.3, 0.4) is 0 Å². The summed E-state index contributed by atoms with van der Waals surface area (Å²) in [4.78, 5) is 13.1. The molecule has 0 aromatic heterocycles. The minimum Gasteiger partial charge on any atom is -0.325 e. The van der Waals surface area contributed by atoms with E-state index in [1.165, 1.54) is 25.7 Å². The van der Waals surface area contributed by atoms with Gasteiger partial charge in [0.25, 0.3) is 0 Å². The van der Waals surface area contributed by atoms with Gasteiger partial charge >= 0.3 is 6.03 Å². The van der Waals surface area contributed by atoms with Crippen molar-refractivity contribution in [1.82, 2.24) is 15.5 Å². The molecule has 2 aliphatic rings. The predicted octanol–water partition coefficient (Wildman–Crippen LogP) is 1.41. The van der Waals surface area contributed by atoms with E-state index >= 15 is 0 Å². The zero-order valence-corrected chi connectivity index (χ0v) is 9.09. The lowest BCUT2D eigenvalue weighted by Gasteiger charge is -2.28. The number of allylic oxidation sites excluding steroid dienone is 1. The maximum Gasteiger partial charge on any atom is 0.316 e. The average molecular weight is 209 g/mol. The Morgan fingerprint density at radius 1 is 1.27 bits per heavy atom. The predicted molar refractivity (Wildman–Crippen MR) is 59.3 cm³/mol. The molecule has 0 saturated carbocycles. The normalized spacial score (nSPS) is 22.9. The van der Waals surface area contributed by atoms with E-state index in [0.717, 1.165) is 13.0 Å². The largest absolute Gasteiger partial charge is 0.325 e. The molecule has 4 heteroatoms. The summed E-state index contributed by atoms with van der Waals surface area (Å²) in [5.41, 5.74) is 1.60. The van der Waals surface area contributed by atoms with Crippen molar-refractivity contribution in [3.63, 3.8) is 0 Å². The minimum absolute atomic E-state index is 0.0527. The number of nitrogens with one attached hydrogen (secondary N) is 2. The van der Waals surface area contributed by atoms with E-state index in [9.17, 15) is 4.79 Å². The van der Waals surface area contributed by atoms with Crippen molar-refractivity contribution in [2.24, 2.45) is 0 Å². The Balaban J connectivity index is 1.69. The zero-order chi connectivity index (χ0) is 10.5. The molecule has 15 heavy (non-hydrogen) atoms. The molecule has 0 bridgehead atoms. The lowest BCUT2D eigenvalue weighted by molar-refractivity contribution is 0.183. The highest BCUT2D eigenvalue weighted by Gasteiger charge is 2.14. The van der Waals surface area contributed by atoms with Gasteiger partial charge in [0.05, 0.1) is 13.3 Å². The minimum atomic E-state index is -0.0527. The fourth-order valence-corrected chi connectivity index (χ4v) is 2.08. The van der Waals surface area contributed by atoms with Gasteiger partial charge in [0, 0.05) is 6.54 Å². The van der Waals surface area contributed by atoms with Crippen LogP contribution in [-0.4, -0.2) is 30.8 Å². The highest BCUT2D eigenvalue weighted by atomic mass is 16.2. The standard InChI is InChI=1S/C11H19N3O/c15-11-12-8-14(9-13-11)7-6-10-4-2-1-3-5-10/h4H,1-3,5-9H2,(H2,12,13,15). The Morgan fingerprint density at radius 2 is 2.07 bits per heavy atom. The topological polar surface area (TPSA) is 44.4 Å². The SMILES string of the molecule is O=C1NCN(CCC2=CCCCC2)CN1. The van der Waals surface area contributed by atoms with Crippen LogP contribution >= 0.6 is 0 Å². The Morgan fingerprint density at radius 3 is 2.73 bits per heavy atom. The molecule has 1 heterocycles. The molecular weight excluding hydrogens is 190 g/mol. The second-order valence-electron chi connectivity index (χ2n) is 4.25. The van der Waals surface area contributed by atoms with Crippen LogP contribution in [0, 0.1) is 0 Å². The van der Waals surface area contributed by atoms with Crippen molar-refractivity contribution < 1.29 is 4.79 Å². The Kier molecular flexibility index (Phi) is 3.61. The summed E-state index contributed by atoms with van der Waals surface area (Å²) in [5.74, 6) is 0. The molecule has 0 spiro atoms. The first-order chi connectivity index (χ1) is 7.34. The number of nitrogens with zero attached hydrogens (tertiary/aromatic N) is 1. The van der Waals surface area contributed by atoms with Crippen LogP contribution in [0.1, 0.15) is 32.1 Å². The number of carbonyl (C=O) groups is 1. The quantitative estimate of drug-likeness (QED) is 0.690. The van der Waals surface area contributed by atoms with Crippen molar-refractivity contribution >= 4 is 6.03 Å². The summed E-state index contributed by atoms with van der Waals surface area (Å²) in [6, 6.07) is -0.0527. The number of amides is 2. The highest BCUT2D eigenvalue weighted by molar-refractivity contribution is 5.74. The third-order valence-electron chi connectivity index (χ3n) is 3.06. The van der Waals surface area contributed by atoms with Crippen LogP contribution in [0.15, 0.2) is 11.6 Å². The van der Waals surface area contributed by atoms with Crippen molar-refractivity contribution in [2.75, 3.05) is 19.9 Å². The molecule has 2 N–H and O–H groups in total. The lowest BCUT2D eigenvalue weighted by Crippen LogP contribution is -2.54. The van der Waals surface area contributed by atoms with Crippen LogP contribution in [0.2, 0.25) is 0 Å². The van der Waals surface area contributed by atoms with E-state index in [1.807, 2.05) is 0 Å². The van der Waals surface area contributed by atoms with Crippen LogP contribution in [0.25, 0.3) is 0 Å². The second kappa shape index (κ2) is 5.16. The molecule has 1 aliphatic heterocycles. The van der Waals surface area contributed by atoms with Crippen LogP contribution in [0.4, 0.5) is 4.79 Å². The highest BCUT2D eigenvalue weighted by Crippen LogP contribution is 2.20. The Labute approximate surface area is 90.7 Å². The number of urea groups is 1. The third-order valence-corrected chi connectivity index (χ3v) is 3.06. The fourth-order valence-electron chi connectivity index (χ4n) is 2.08. The molecule has 4 nitrogen and oxygen atoms in total. The van der Waals surface area contributed by atoms with Crippen LogP contribution in [0.5, 0.6) is 0 Å². The van der Waals surface area contributed by atoms with Gasteiger partial charge in [-0.15, -0.1) is 0 Å². The van der Waals surface area contributed by atoms with Gasteiger partial charge < -0.3 is 10.6 Å². The molecule has 0 atom stereocenters. The van der Waals surface area contributed by atoms with Crippen molar-refractivity contribution in [2.45, 2.75) is 32.1 Å². The summed E-state index contributed by atoms with van der Waals surface area (Å²) < 4.78 is 0. The molecule has 1 saturated heterocycles. The Hall–Kier alpha value is -1.03. The summed E-state index contributed by atoms with van der Waals surface area (Å²) >= 11 is 0. The Bertz CT molecular complexity index is 253. The number of carbonyl (C=O) groups excluding carboxylic acids is 1. The lowest BCUT2D eigenvalue weighted by atomic mass is 9.97. The van der Waals surface area contributed by atoms with Gasteiger partial charge in [-0.2, -0.15) is 0 Å². The number of hydrogen-bond donors (Lipinski definition) is 2. The number of rotatable bonds is 3. The smallest absolute Gasteiger partial charge is 0.316 e. The first kappa shape index (κ1) is 10.5. The van der Waals surface area contributed by atoms with E-state index in [4.69, 9.17) is 0 Å². The van der Waals surface area contributed by atoms with Gasteiger partial charge in [0.15, 0.2) is 0 Å². The van der Waals surface area contributed by atoms with Gasteiger partial charge in [-0.1, -0.05) is 11.6 Å². The van der Waals surface area contributed by atoms with E-state index in [2.05, 4.69) is 21.6 Å². The average Bonchev–Trinajstić information content (AvgIpc) is 2.30. The summed E-state index contributed by atoms with van der Waals surface area (Å²) in [6.07, 6.45) is 8.76. The summed E-state index contributed by atoms with van der Waals surface area (Å²) in [6.45, 7) is 2.40. The van der Waals surface area contributed by atoms with Crippen molar-refractivity contribution in [1.29, 1.82) is 0 Å². The fraction of sp³-hybridized carbons (Fsp3) is 0.727. The first-order valence-electron chi connectivity index (χ1n) is 5.76. The summed E-state index contributed by atoms with van der Waals surface area (Å²) in [5, 5.41) is 5.55.